The van der Waals surface area contributed by atoms with Gasteiger partial charge in [0, 0.05) is 22.6 Å². The molecule has 0 N–H and O–H groups in total. The summed E-state index contributed by atoms with van der Waals surface area (Å²) in [5, 5.41) is 10.1. The molecule has 0 aliphatic carbocycles. The smallest absolute Gasteiger partial charge is 0.317 e. The zero-order chi connectivity index (χ0) is 19.6. The summed E-state index contributed by atoms with van der Waals surface area (Å²) in [5.74, 6) is 0. The van der Waals surface area contributed by atoms with Crippen LogP contribution < -0.4 is 0 Å². The van der Waals surface area contributed by atoms with Gasteiger partial charge in [0.25, 0.3) is 0 Å². The molecule has 136 valence electrons. The summed E-state index contributed by atoms with van der Waals surface area (Å²) in [5.41, 5.74) is 2.42. The van der Waals surface area contributed by atoms with Gasteiger partial charge in [-0.05, 0) is 60.5 Å². The predicted molar refractivity (Wildman–Crippen MR) is 100 cm³/mol. The van der Waals surface area contributed by atoms with Crippen LogP contribution >= 0.6 is 11.6 Å². The van der Waals surface area contributed by atoms with Crippen LogP contribution in [0.4, 0.5) is 13.2 Å². The molecule has 0 saturated carbocycles. The summed E-state index contributed by atoms with van der Waals surface area (Å²) < 4.78 is 40.0. The average Bonchev–Trinajstić information content (AvgIpc) is 3.09. The lowest BCUT2D eigenvalue weighted by Gasteiger charge is -2.10. The third-order valence-electron chi connectivity index (χ3n) is 4.15. The number of nitrogens with zero attached hydrogens (tertiary/aromatic N) is 2. The Morgan fingerprint density at radius 3 is 2.41 bits per heavy atom. The maximum Gasteiger partial charge on any atom is 0.416 e. The van der Waals surface area contributed by atoms with E-state index in [4.69, 9.17) is 11.6 Å². The van der Waals surface area contributed by atoms with Crippen molar-refractivity contribution in [1.29, 1.82) is 5.26 Å². The van der Waals surface area contributed by atoms with Gasteiger partial charge in [-0.25, -0.2) is 0 Å². The minimum absolute atomic E-state index is 0.266. The normalized spacial score (nSPS) is 12.1. The molecule has 2 nitrogen and oxygen atoms in total. The minimum atomic E-state index is -4.41. The van der Waals surface area contributed by atoms with Crippen molar-refractivity contribution in [3.05, 3.63) is 88.2 Å². The fourth-order valence-corrected chi connectivity index (χ4v) is 2.82. The second-order valence-corrected chi connectivity index (χ2v) is 6.39. The molecule has 1 aromatic heterocycles. The maximum absolute atomic E-state index is 12.7. The summed E-state index contributed by atoms with van der Waals surface area (Å²) in [7, 11) is 0. The third-order valence-corrected chi connectivity index (χ3v) is 4.56. The Morgan fingerprint density at radius 1 is 1.11 bits per heavy atom. The quantitative estimate of drug-likeness (QED) is 0.471. The maximum atomic E-state index is 12.7. The SMILES string of the molecule is Cc1ccc(-n2cccc2/C=C(/C#N)c2ccc(C(F)(F)F)cc2)cc1Cl. The molecule has 0 radical (unpaired) electrons. The largest absolute Gasteiger partial charge is 0.416 e. The molecule has 3 aromatic rings. The summed E-state index contributed by atoms with van der Waals surface area (Å²) in [6.07, 6.45) is -0.945. The van der Waals surface area contributed by atoms with E-state index in [0.29, 0.717) is 16.3 Å². The number of nitriles is 1. The minimum Gasteiger partial charge on any atom is -0.317 e. The number of aryl methyl sites for hydroxylation is 1. The van der Waals surface area contributed by atoms with Gasteiger partial charge in [-0.3, -0.25) is 0 Å². The molecule has 27 heavy (non-hydrogen) atoms. The summed E-state index contributed by atoms with van der Waals surface area (Å²) in [6.45, 7) is 1.90. The van der Waals surface area contributed by atoms with E-state index in [1.165, 1.54) is 12.1 Å². The first kappa shape index (κ1) is 18.8. The van der Waals surface area contributed by atoms with Gasteiger partial charge >= 0.3 is 6.18 Å². The first-order valence-corrected chi connectivity index (χ1v) is 8.41. The molecule has 0 saturated heterocycles. The molecule has 0 amide bonds. The Kier molecular flexibility index (Phi) is 5.11. The van der Waals surface area contributed by atoms with Crippen molar-refractivity contribution in [2.75, 3.05) is 0 Å². The van der Waals surface area contributed by atoms with Gasteiger partial charge in [-0.15, -0.1) is 0 Å². The van der Waals surface area contributed by atoms with Gasteiger partial charge in [0.2, 0.25) is 0 Å². The van der Waals surface area contributed by atoms with Crippen LogP contribution in [0.25, 0.3) is 17.3 Å². The highest BCUT2D eigenvalue weighted by Gasteiger charge is 2.30. The van der Waals surface area contributed by atoms with Crippen molar-refractivity contribution in [3.8, 4) is 11.8 Å². The summed E-state index contributed by atoms with van der Waals surface area (Å²) >= 11 is 6.19. The number of allylic oxidation sites excluding steroid dienone is 1. The Hall–Kier alpha value is -2.97. The Balaban J connectivity index is 1.99. The van der Waals surface area contributed by atoms with Crippen LogP contribution in [-0.2, 0) is 6.18 Å². The molecular weight excluding hydrogens is 373 g/mol. The van der Waals surface area contributed by atoms with Crippen LogP contribution in [0.2, 0.25) is 5.02 Å². The van der Waals surface area contributed by atoms with E-state index in [2.05, 4.69) is 6.07 Å². The van der Waals surface area contributed by atoms with Crippen molar-refractivity contribution < 1.29 is 13.2 Å². The highest BCUT2D eigenvalue weighted by atomic mass is 35.5. The van der Waals surface area contributed by atoms with Crippen molar-refractivity contribution in [1.82, 2.24) is 4.57 Å². The van der Waals surface area contributed by atoms with Crippen LogP contribution in [0.1, 0.15) is 22.4 Å². The van der Waals surface area contributed by atoms with Crippen LogP contribution in [-0.4, -0.2) is 4.57 Å². The number of rotatable bonds is 3. The summed E-state index contributed by atoms with van der Waals surface area (Å²) in [4.78, 5) is 0. The number of aromatic nitrogens is 1. The fourth-order valence-electron chi connectivity index (χ4n) is 2.65. The first-order valence-electron chi connectivity index (χ1n) is 8.03. The molecular formula is C21H14ClF3N2. The van der Waals surface area contributed by atoms with Crippen LogP contribution in [0.15, 0.2) is 60.8 Å². The van der Waals surface area contributed by atoms with Crippen molar-refractivity contribution in [2.24, 2.45) is 0 Å². The molecule has 2 aromatic carbocycles. The highest BCUT2D eigenvalue weighted by Crippen LogP contribution is 2.30. The molecule has 3 rings (SSSR count). The molecule has 0 bridgehead atoms. The number of alkyl halides is 3. The van der Waals surface area contributed by atoms with Gasteiger partial charge in [0.1, 0.15) is 0 Å². The second kappa shape index (κ2) is 7.34. The van der Waals surface area contributed by atoms with Gasteiger partial charge in [-0.2, -0.15) is 18.4 Å². The number of benzene rings is 2. The first-order chi connectivity index (χ1) is 12.8. The van der Waals surface area contributed by atoms with Crippen molar-refractivity contribution >= 4 is 23.3 Å². The van der Waals surface area contributed by atoms with Gasteiger partial charge in [0.15, 0.2) is 0 Å². The Bertz CT molecular complexity index is 1040. The van der Waals surface area contributed by atoms with Crippen LogP contribution in [0.5, 0.6) is 0 Å². The molecule has 0 aliphatic heterocycles. The molecule has 0 fully saturated rings. The molecule has 6 heteroatoms. The third kappa shape index (κ3) is 4.07. The topological polar surface area (TPSA) is 28.7 Å². The van der Waals surface area contributed by atoms with Crippen LogP contribution in [0, 0.1) is 18.3 Å². The number of hydrogen-bond acceptors (Lipinski definition) is 1. The molecule has 0 spiro atoms. The Morgan fingerprint density at radius 2 is 1.81 bits per heavy atom. The van der Waals surface area contributed by atoms with Gasteiger partial charge in [0.05, 0.1) is 17.2 Å². The standard InChI is InChI=1S/C21H14ClF3N2/c1-14-4-9-19(12-20(14)22)27-10-2-3-18(27)11-16(13-26)15-5-7-17(8-6-15)21(23,24)25/h2-12H,1H3/b16-11-. The number of halogens is 4. The molecule has 0 unspecified atom stereocenters. The van der Waals surface area contributed by atoms with E-state index in [1.54, 1.807) is 6.08 Å². The van der Waals surface area contributed by atoms with Gasteiger partial charge in [-0.1, -0.05) is 29.8 Å². The molecule has 0 atom stereocenters. The molecule has 0 aliphatic rings. The van der Waals surface area contributed by atoms with E-state index in [1.807, 2.05) is 48.0 Å². The highest BCUT2D eigenvalue weighted by molar-refractivity contribution is 6.31. The van der Waals surface area contributed by atoms with Crippen molar-refractivity contribution in [2.45, 2.75) is 13.1 Å². The van der Waals surface area contributed by atoms with E-state index < -0.39 is 11.7 Å². The number of hydrogen-bond donors (Lipinski definition) is 0. The summed E-state index contributed by atoms with van der Waals surface area (Å²) in [6, 6.07) is 15.9. The fraction of sp³-hybridized carbons (Fsp3) is 0.0952. The van der Waals surface area contributed by atoms with E-state index in [9.17, 15) is 18.4 Å². The average molecular weight is 387 g/mol. The lowest BCUT2D eigenvalue weighted by molar-refractivity contribution is -0.137. The van der Waals surface area contributed by atoms with Crippen LogP contribution in [0.3, 0.4) is 0 Å². The zero-order valence-electron chi connectivity index (χ0n) is 14.3. The lowest BCUT2D eigenvalue weighted by atomic mass is 10.0. The lowest BCUT2D eigenvalue weighted by Crippen LogP contribution is -2.04. The second-order valence-electron chi connectivity index (χ2n) is 5.98. The van der Waals surface area contributed by atoms with Crippen molar-refractivity contribution in [3.63, 3.8) is 0 Å². The van der Waals surface area contributed by atoms with Gasteiger partial charge < -0.3 is 4.57 Å². The Labute approximate surface area is 159 Å². The molecule has 1 heterocycles. The predicted octanol–water partition coefficient (Wildman–Crippen LogP) is 6.52. The monoisotopic (exact) mass is 386 g/mol. The zero-order valence-corrected chi connectivity index (χ0v) is 15.0. The van der Waals surface area contributed by atoms with E-state index in [0.717, 1.165) is 23.4 Å². The van der Waals surface area contributed by atoms with E-state index >= 15 is 0 Å². The van der Waals surface area contributed by atoms with E-state index in [-0.39, 0.29) is 5.57 Å².